The van der Waals surface area contributed by atoms with Crippen LogP contribution in [0.4, 0.5) is 24.8 Å². The van der Waals surface area contributed by atoms with E-state index in [2.05, 4.69) is 30.9 Å². The van der Waals surface area contributed by atoms with E-state index in [1.165, 1.54) is 17.0 Å². The van der Waals surface area contributed by atoms with Crippen LogP contribution in [0.25, 0.3) is 11.2 Å². The van der Waals surface area contributed by atoms with Crippen molar-refractivity contribution in [1.29, 1.82) is 5.41 Å². The molecule has 16 heteroatoms. The lowest BCUT2D eigenvalue weighted by Gasteiger charge is -2.18. The molecule has 40 heavy (non-hydrogen) atoms. The number of nitrogens with one attached hydrogen (secondary N) is 4. The molecule has 2 aliphatic heterocycles. The second-order valence-electron chi connectivity index (χ2n) is 8.80. The molecule has 1 fully saturated rings. The van der Waals surface area contributed by atoms with Gasteiger partial charge >= 0.3 is 6.18 Å². The first-order valence-corrected chi connectivity index (χ1v) is 12.3. The van der Waals surface area contributed by atoms with Crippen molar-refractivity contribution >= 4 is 46.8 Å². The van der Waals surface area contributed by atoms with Crippen LogP contribution >= 0.6 is 11.6 Å². The van der Waals surface area contributed by atoms with E-state index in [-0.39, 0.29) is 45.9 Å². The summed E-state index contributed by atoms with van der Waals surface area (Å²) in [5, 5.41) is 16.4. The highest BCUT2D eigenvalue weighted by Crippen LogP contribution is 2.35. The maximum Gasteiger partial charge on any atom is 0.417 e. The Kier molecular flexibility index (Phi) is 7.25. The number of anilines is 2. The fourth-order valence-electron chi connectivity index (χ4n) is 4.18. The van der Waals surface area contributed by atoms with Crippen molar-refractivity contribution < 1.29 is 22.6 Å². The summed E-state index contributed by atoms with van der Waals surface area (Å²) in [6.45, 7) is 0.486. The molecule has 0 radical (unpaired) electrons. The molecule has 1 unspecified atom stereocenters. The lowest BCUT2D eigenvalue weighted by Crippen LogP contribution is -2.28. The molecule has 1 atom stereocenters. The quantitative estimate of drug-likeness (QED) is 0.247. The molecular weight excluding hydrogens is 555 g/mol. The van der Waals surface area contributed by atoms with E-state index in [9.17, 15) is 18.0 Å². The average Bonchev–Trinajstić information content (AvgIpc) is 3.58. The van der Waals surface area contributed by atoms with Gasteiger partial charge in [-0.25, -0.2) is 9.98 Å². The van der Waals surface area contributed by atoms with Gasteiger partial charge in [0.1, 0.15) is 27.7 Å². The number of halogens is 4. The van der Waals surface area contributed by atoms with E-state index >= 15 is 0 Å². The number of allylic oxidation sites excluding steroid dienone is 2. The maximum absolute atomic E-state index is 13.7. The zero-order valence-electron chi connectivity index (χ0n) is 21.1. The maximum atomic E-state index is 13.7. The minimum absolute atomic E-state index is 0.0311. The number of imidazole rings is 1. The predicted octanol–water partition coefficient (Wildman–Crippen LogP) is 3.44. The third kappa shape index (κ3) is 5.12. The van der Waals surface area contributed by atoms with Gasteiger partial charge in [-0.1, -0.05) is 11.6 Å². The van der Waals surface area contributed by atoms with Crippen LogP contribution in [0, 0.1) is 5.41 Å². The Hall–Kier alpha value is -4.37. The van der Waals surface area contributed by atoms with Crippen molar-refractivity contribution in [3.05, 3.63) is 62.9 Å². The van der Waals surface area contributed by atoms with Crippen molar-refractivity contribution in [2.75, 3.05) is 25.6 Å². The number of aromatic nitrogens is 4. The Morgan fingerprint density at radius 3 is 2.83 bits per heavy atom. The Balaban J connectivity index is 1.51. The molecule has 3 aromatic rings. The molecule has 210 valence electrons. The molecule has 1 saturated heterocycles. The van der Waals surface area contributed by atoms with Crippen molar-refractivity contribution in [3.63, 3.8) is 0 Å². The molecule has 2 aliphatic rings. The largest absolute Gasteiger partial charge is 0.450 e. The minimum atomic E-state index is -4.68. The first kappa shape index (κ1) is 27.2. The molecular formula is C24H23ClF3N9O3. The molecule has 0 aromatic carbocycles. The third-order valence-electron chi connectivity index (χ3n) is 6.29. The van der Waals surface area contributed by atoms with Gasteiger partial charge in [-0.05, 0) is 12.5 Å². The summed E-state index contributed by atoms with van der Waals surface area (Å²) in [7, 11) is 3.26. The second-order valence-corrected chi connectivity index (χ2v) is 9.18. The van der Waals surface area contributed by atoms with Gasteiger partial charge in [0.05, 0.1) is 36.8 Å². The number of pyridine rings is 2. The topological polar surface area (TPSA) is 143 Å². The molecule has 0 amide bonds. The number of aryl methyl sites for hydroxylation is 1. The average molecular weight is 578 g/mol. The third-order valence-corrected chi connectivity index (χ3v) is 6.66. The Morgan fingerprint density at radius 1 is 1.40 bits per heavy atom. The van der Waals surface area contributed by atoms with Gasteiger partial charge in [-0.3, -0.25) is 4.79 Å². The van der Waals surface area contributed by atoms with Crippen LogP contribution in [0.3, 0.4) is 0 Å². The standard InChI is InChI=1S/C24H23ClF3N9O3/c1-30-18-9-31-15(7-32-18)16(6-29)40-17-8-33-21-20(19(17)25)36(2)23(35-21)34-14-5-12(24(26,27)28)10-37(22(14)38)13-3-4-39-11-13/h5-10,13,29-31H,3-4,11H2,1-2H3,(H,33,34,35)/b16-15+,29-6?. The van der Waals surface area contributed by atoms with Crippen LogP contribution in [-0.4, -0.2) is 51.8 Å². The lowest BCUT2D eigenvalue weighted by atomic mass is 10.2. The summed E-state index contributed by atoms with van der Waals surface area (Å²) in [4.78, 5) is 25.9. The summed E-state index contributed by atoms with van der Waals surface area (Å²) in [6.07, 6.45) is 1.87. The van der Waals surface area contributed by atoms with E-state index in [0.717, 1.165) is 23.0 Å². The van der Waals surface area contributed by atoms with Crippen LogP contribution < -0.4 is 26.2 Å². The van der Waals surface area contributed by atoms with Gasteiger partial charge in [-0.15, -0.1) is 0 Å². The zero-order chi connectivity index (χ0) is 28.6. The van der Waals surface area contributed by atoms with E-state index in [1.807, 2.05) is 0 Å². The number of hydrogen-bond acceptors (Lipinski definition) is 10. The molecule has 12 nitrogen and oxygen atoms in total. The van der Waals surface area contributed by atoms with Gasteiger partial charge < -0.3 is 40.0 Å². The van der Waals surface area contributed by atoms with Gasteiger partial charge in [-0.2, -0.15) is 18.2 Å². The van der Waals surface area contributed by atoms with Gasteiger partial charge in [0.15, 0.2) is 17.2 Å². The van der Waals surface area contributed by atoms with Crippen molar-refractivity contribution in [3.8, 4) is 5.75 Å². The highest BCUT2D eigenvalue weighted by Gasteiger charge is 2.34. The SMILES string of the molecule is CNC1=CN/C(=C(\C=N)Oc2cnc3nc(Nc4cc(C(F)(F)F)cn(C5CCOC5)c4=O)n(C)c3c2Cl)C=N1. The summed E-state index contributed by atoms with van der Waals surface area (Å²) in [5.41, 5.74) is -1.13. The fraction of sp³-hybridized carbons (Fsp3) is 0.292. The molecule has 5 heterocycles. The van der Waals surface area contributed by atoms with Gasteiger partial charge in [0.2, 0.25) is 5.95 Å². The highest BCUT2D eigenvalue weighted by molar-refractivity contribution is 6.36. The summed E-state index contributed by atoms with van der Waals surface area (Å²) in [6, 6.07) is 0.222. The molecule has 0 saturated carbocycles. The first-order chi connectivity index (χ1) is 19.1. The van der Waals surface area contributed by atoms with Crippen molar-refractivity contribution in [1.82, 2.24) is 29.7 Å². The number of nitrogens with zero attached hydrogens (tertiary/aromatic N) is 5. The van der Waals surface area contributed by atoms with Gasteiger partial charge in [0.25, 0.3) is 5.56 Å². The Labute approximate surface area is 229 Å². The highest BCUT2D eigenvalue weighted by atomic mass is 35.5. The number of aliphatic imine (C=N–C) groups is 1. The van der Waals surface area contributed by atoms with E-state index < -0.39 is 23.3 Å². The fourth-order valence-corrected chi connectivity index (χ4v) is 4.48. The van der Waals surface area contributed by atoms with Crippen molar-refractivity contribution in [2.45, 2.75) is 18.6 Å². The van der Waals surface area contributed by atoms with E-state index in [4.69, 9.17) is 26.5 Å². The summed E-state index contributed by atoms with van der Waals surface area (Å²) in [5.74, 6) is 0.798. The molecule has 0 bridgehead atoms. The number of ether oxygens (including phenoxy) is 2. The van der Waals surface area contributed by atoms with Crippen LogP contribution in [0.5, 0.6) is 5.75 Å². The van der Waals surface area contributed by atoms with E-state index in [1.54, 1.807) is 20.3 Å². The molecule has 5 rings (SSSR count). The summed E-state index contributed by atoms with van der Waals surface area (Å²) >= 11 is 6.62. The first-order valence-electron chi connectivity index (χ1n) is 11.9. The van der Waals surface area contributed by atoms with Gasteiger partial charge in [0, 0.05) is 33.1 Å². The number of alkyl halides is 3. The Bertz CT molecular complexity index is 1640. The normalized spacial score (nSPS) is 18.4. The van der Waals surface area contributed by atoms with Crippen LogP contribution in [0.2, 0.25) is 5.02 Å². The predicted molar refractivity (Wildman–Crippen MR) is 142 cm³/mol. The van der Waals surface area contributed by atoms with Crippen LogP contribution in [0.15, 0.2) is 51.7 Å². The number of hydrogen-bond donors (Lipinski definition) is 4. The molecule has 0 spiro atoms. The molecule has 3 aromatic heterocycles. The molecule has 4 N–H and O–H groups in total. The second kappa shape index (κ2) is 10.7. The van der Waals surface area contributed by atoms with Crippen molar-refractivity contribution in [2.24, 2.45) is 12.0 Å². The summed E-state index contributed by atoms with van der Waals surface area (Å²) < 4.78 is 54.6. The number of rotatable bonds is 7. The Morgan fingerprint density at radius 2 is 2.20 bits per heavy atom. The van der Waals surface area contributed by atoms with E-state index in [0.29, 0.717) is 24.5 Å². The molecule has 0 aliphatic carbocycles. The number of fused-ring (bicyclic) bond motifs is 1. The van der Waals surface area contributed by atoms with Crippen LogP contribution in [-0.2, 0) is 18.0 Å². The van der Waals surface area contributed by atoms with Crippen LogP contribution in [0.1, 0.15) is 18.0 Å². The minimum Gasteiger partial charge on any atom is -0.450 e. The monoisotopic (exact) mass is 577 g/mol. The smallest absolute Gasteiger partial charge is 0.417 e. The lowest BCUT2D eigenvalue weighted by molar-refractivity contribution is -0.138. The zero-order valence-corrected chi connectivity index (χ0v) is 21.9.